The van der Waals surface area contributed by atoms with Crippen LogP contribution in [0.5, 0.6) is 0 Å². The van der Waals surface area contributed by atoms with Crippen molar-refractivity contribution in [1.29, 1.82) is 0 Å². The number of rotatable bonds is 21. The maximum Gasteiger partial charge on any atom is 0.308 e. The van der Waals surface area contributed by atoms with Crippen molar-refractivity contribution in [2.75, 3.05) is 44.0 Å². The lowest BCUT2D eigenvalue weighted by atomic mass is 9.97. The third-order valence-corrected chi connectivity index (χ3v) is 7.64. The third kappa shape index (κ3) is 13.7. The van der Waals surface area contributed by atoms with Crippen LogP contribution < -0.4 is 4.31 Å². The molecule has 1 aromatic carbocycles. The summed E-state index contributed by atoms with van der Waals surface area (Å²) in [5, 5.41) is 39.8. The summed E-state index contributed by atoms with van der Waals surface area (Å²) in [6, 6.07) is 5.33. The van der Waals surface area contributed by atoms with E-state index < -0.39 is 63.3 Å². The average Bonchev–Trinajstić information content (AvgIpc) is 2.99. The van der Waals surface area contributed by atoms with Gasteiger partial charge in [0.25, 0.3) is 10.2 Å². The van der Waals surface area contributed by atoms with Gasteiger partial charge < -0.3 is 29.4 Å². The maximum absolute atomic E-state index is 13.7. The van der Waals surface area contributed by atoms with E-state index in [9.17, 15) is 48.0 Å². The number of halogens is 1. The van der Waals surface area contributed by atoms with Gasteiger partial charge in [-0.1, -0.05) is 26.0 Å². The molecule has 3 atom stereocenters. The number of hydrogen-bond acceptors (Lipinski definition) is 15. The van der Waals surface area contributed by atoms with Crippen molar-refractivity contribution < 1.29 is 57.1 Å². The van der Waals surface area contributed by atoms with Crippen LogP contribution >= 0.6 is 0 Å². The number of benzene rings is 1. The minimum atomic E-state index is -3.73. The van der Waals surface area contributed by atoms with Gasteiger partial charge in [-0.15, -0.1) is 20.2 Å². The number of nitrogens with zero attached hydrogens (tertiary/aromatic N) is 5. The molecule has 0 amide bonds. The molecule has 0 aliphatic heterocycles. The van der Waals surface area contributed by atoms with E-state index in [-0.39, 0.29) is 50.2 Å². The maximum atomic E-state index is 13.7. The Kier molecular flexibility index (Phi) is 15.5. The number of hydrogen-bond donors (Lipinski definition) is 2. The second kappa shape index (κ2) is 18.7. The molecule has 2 N–H and O–H groups in total. The van der Waals surface area contributed by atoms with E-state index in [0.29, 0.717) is 16.8 Å². The average molecular weight is 704 g/mol. The number of aromatic nitrogens is 2. The van der Waals surface area contributed by atoms with Crippen LogP contribution in [0.25, 0.3) is 17.3 Å². The Hall–Kier alpha value is -4.53. The van der Waals surface area contributed by atoms with Crippen LogP contribution in [0.4, 0.5) is 10.3 Å². The zero-order chi connectivity index (χ0) is 36.0. The molecule has 0 saturated carbocycles. The van der Waals surface area contributed by atoms with Crippen molar-refractivity contribution >= 4 is 28.0 Å². The van der Waals surface area contributed by atoms with E-state index in [2.05, 4.69) is 19.6 Å². The highest BCUT2D eigenvalue weighted by Gasteiger charge is 2.23. The van der Waals surface area contributed by atoms with Crippen molar-refractivity contribution in [2.45, 2.75) is 57.3 Å². The topological polar surface area (TPSA) is 244 Å². The normalized spacial score (nSPS) is 13.6. The first-order valence-corrected chi connectivity index (χ1v) is 16.3. The van der Waals surface area contributed by atoms with Gasteiger partial charge in [0.1, 0.15) is 25.1 Å². The third-order valence-electron chi connectivity index (χ3n) is 6.48. The van der Waals surface area contributed by atoms with E-state index >= 15 is 0 Å². The van der Waals surface area contributed by atoms with Crippen LogP contribution in [-0.4, -0.2) is 103 Å². The van der Waals surface area contributed by atoms with Crippen LogP contribution in [-0.2, 0) is 34.0 Å². The lowest BCUT2D eigenvalue weighted by molar-refractivity contribution is -0.769. The summed E-state index contributed by atoms with van der Waals surface area (Å²) in [4.78, 5) is 50.5. The molecule has 0 fully saturated rings. The van der Waals surface area contributed by atoms with Gasteiger partial charge in [-0.05, 0) is 30.2 Å². The fourth-order valence-electron chi connectivity index (χ4n) is 4.06. The highest BCUT2D eigenvalue weighted by molar-refractivity contribution is 7.92. The Labute approximate surface area is 275 Å². The molecular weight excluding hydrogens is 665 g/mol. The highest BCUT2D eigenvalue weighted by Crippen LogP contribution is 2.31. The molecule has 0 radical (unpaired) electrons. The minimum Gasteiger partial charge on any atom is -0.463 e. The first-order chi connectivity index (χ1) is 22.5. The summed E-state index contributed by atoms with van der Waals surface area (Å²) in [5.74, 6) is -1.81. The van der Waals surface area contributed by atoms with E-state index in [1.165, 1.54) is 43.5 Å². The summed E-state index contributed by atoms with van der Waals surface area (Å²) in [7, 11) is -2.44. The molecule has 2 aromatic rings. The minimum absolute atomic E-state index is 0.105. The van der Waals surface area contributed by atoms with Gasteiger partial charge in [-0.25, -0.2) is 27.1 Å². The Morgan fingerprint density at radius 2 is 1.75 bits per heavy atom. The van der Waals surface area contributed by atoms with Crippen LogP contribution in [0.15, 0.2) is 30.3 Å². The molecule has 0 aliphatic rings. The molecule has 18 nitrogen and oxygen atoms in total. The largest absolute Gasteiger partial charge is 0.463 e. The fraction of sp³-hybridized carbons (Fsp3) is 0.536. The van der Waals surface area contributed by atoms with Crippen LogP contribution in [0, 0.1) is 26.0 Å². The number of esters is 1. The van der Waals surface area contributed by atoms with Crippen LogP contribution in [0.3, 0.4) is 0 Å². The van der Waals surface area contributed by atoms with Gasteiger partial charge in [0.15, 0.2) is 0 Å². The number of anilines is 1. The summed E-state index contributed by atoms with van der Waals surface area (Å²) in [5.41, 5.74) is 1.52. The Bertz CT molecular complexity index is 1530. The fourth-order valence-corrected chi connectivity index (χ4v) is 4.44. The van der Waals surface area contributed by atoms with Crippen molar-refractivity contribution in [2.24, 2.45) is 0 Å². The molecule has 0 bridgehead atoms. The predicted molar refractivity (Wildman–Crippen MR) is 166 cm³/mol. The van der Waals surface area contributed by atoms with Crippen LogP contribution in [0.2, 0.25) is 0 Å². The van der Waals surface area contributed by atoms with Crippen LogP contribution in [0.1, 0.15) is 50.3 Å². The number of aliphatic hydroxyl groups excluding tert-OH is 2. The van der Waals surface area contributed by atoms with Crippen molar-refractivity contribution in [3.05, 3.63) is 67.6 Å². The van der Waals surface area contributed by atoms with Gasteiger partial charge >= 0.3 is 5.97 Å². The Morgan fingerprint density at radius 3 is 2.33 bits per heavy atom. The molecular formula is C28H38FN5O13S. The van der Waals surface area contributed by atoms with Gasteiger partial charge in [0.05, 0.1) is 42.9 Å². The standard InChI is InChI=1S/C28H38FN5O13S/c1-18(2)26-24(27(19-5-7-20(29)8-6-19)31-28(30-26)32(3)48(4,42)43)10-9-21(35)15-22(36)16-25(37)45-17-23(47-34(40)41)11-12-44-13-14-46-33(38)39/h5-10,18,21-23,35-36H,11-17H2,1-4H3/b10-9+/t21-,22-,23?/m1/s1. The van der Waals surface area contributed by atoms with E-state index in [4.69, 9.17) is 9.47 Å². The predicted octanol–water partition coefficient (Wildman–Crippen LogP) is 2.05. The lowest BCUT2D eigenvalue weighted by Crippen LogP contribution is -2.28. The Morgan fingerprint density at radius 1 is 1.08 bits per heavy atom. The van der Waals surface area contributed by atoms with Gasteiger partial charge in [-0.2, -0.15) is 0 Å². The number of ether oxygens (including phenoxy) is 2. The van der Waals surface area contributed by atoms with E-state index in [1.807, 2.05) is 13.8 Å². The number of aliphatic hydroxyl groups is 2. The first-order valence-electron chi connectivity index (χ1n) is 14.5. The molecule has 1 aromatic heterocycles. The SMILES string of the molecule is CC(C)c1nc(N(C)S(C)(=O)=O)nc(-c2ccc(F)cc2)c1/C=C/[C@@H](O)C[C@@H](O)CC(=O)OCC(CCOCCO[N+](=O)[O-])O[N+](=O)[O-]. The molecule has 2 rings (SSSR count). The van der Waals surface area contributed by atoms with E-state index in [0.717, 1.165) is 10.6 Å². The van der Waals surface area contributed by atoms with Gasteiger partial charge in [0, 0.05) is 37.6 Å². The molecule has 20 heteroatoms. The second-order valence-corrected chi connectivity index (χ2v) is 12.7. The number of carbonyl (C=O) groups is 1. The Balaban J connectivity index is 2.11. The summed E-state index contributed by atoms with van der Waals surface area (Å²) >= 11 is 0. The molecule has 48 heavy (non-hydrogen) atoms. The molecule has 1 unspecified atom stereocenters. The number of carbonyl (C=O) groups excluding carboxylic acids is 1. The number of sulfonamides is 1. The molecule has 0 spiro atoms. The zero-order valence-corrected chi connectivity index (χ0v) is 27.4. The lowest BCUT2D eigenvalue weighted by Gasteiger charge is -2.20. The van der Waals surface area contributed by atoms with Crippen molar-refractivity contribution in [1.82, 2.24) is 9.97 Å². The summed E-state index contributed by atoms with van der Waals surface area (Å²) in [6.07, 6.45) is -1.10. The smallest absolute Gasteiger partial charge is 0.308 e. The monoisotopic (exact) mass is 703 g/mol. The second-order valence-electron chi connectivity index (χ2n) is 10.7. The quantitative estimate of drug-likeness (QED) is 0.0818. The molecule has 0 saturated heterocycles. The highest BCUT2D eigenvalue weighted by atomic mass is 32.2. The van der Waals surface area contributed by atoms with Gasteiger partial charge in [-0.3, -0.25) is 4.79 Å². The first kappa shape index (κ1) is 39.6. The molecule has 266 valence electrons. The summed E-state index contributed by atoms with van der Waals surface area (Å²) < 4.78 is 49.1. The van der Waals surface area contributed by atoms with Crippen molar-refractivity contribution in [3.63, 3.8) is 0 Å². The molecule has 0 aliphatic carbocycles. The summed E-state index contributed by atoms with van der Waals surface area (Å²) in [6.45, 7) is 2.43. The van der Waals surface area contributed by atoms with Crippen molar-refractivity contribution in [3.8, 4) is 11.3 Å². The molecule has 1 heterocycles. The zero-order valence-electron chi connectivity index (χ0n) is 26.6. The van der Waals surface area contributed by atoms with Gasteiger partial charge in [0.2, 0.25) is 16.0 Å². The van der Waals surface area contributed by atoms with E-state index in [1.54, 1.807) is 0 Å².